The molecule has 0 radical (unpaired) electrons. The number of carbonyl (C=O) groups is 3. The fraction of sp³-hybridized carbons (Fsp3) is 0.542. The lowest BCUT2D eigenvalue weighted by Crippen LogP contribution is -2.57. The first-order valence-corrected chi connectivity index (χ1v) is 13.6. The third-order valence-electron chi connectivity index (χ3n) is 5.93. The van der Waals surface area contributed by atoms with E-state index in [4.69, 9.17) is 20.9 Å². The lowest BCUT2D eigenvalue weighted by molar-refractivity contribution is -0.152. The van der Waals surface area contributed by atoms with Crippen molar-refractivity contribution >= 4 is 39.6 Å². The summed E-state index contributed by atoms with van der Waals surface area (Å²) in [6.45, 7) is 10.6. The van der Waals surface area contributed by atoms with Gasteiger partial charge in [0.25, 0.3) is 10.1 Å². The predicted octanol–water partition coefficient (Wildman–Crippen LogP) is 1.85. The second-order valence-corrected chi connectivity index (χ2v) is 11.9. The van der Waals surface area contributed by atoms with Crippen LogP contribution in [0.5, 0.6) is 0 Å². The van der Waals surface area contributed by atoms with Crippen LogP contribution < -0.4 is 10.6 Å². The molecular weight excluding hydrogens is 526 g/mol. The highest BCUT2D eigenvalue weighted by Gasteiger charge is 2.40. The third kappa shape index (κ3) is 8.70. The van der Waals surface area contributed by atoms with Crippen molar-refractivity contribution in [1.29, 1.82) is 0 Å². The van der Waals surface area contributed by atoms with Crippen LogP contribution in [0.15, 0.2) is 36.4 Å². The summed E-state index contributed by atoms with van der Waals surface area (Å²) in [6, 6.07) is 5.20. The van der Waals surface area contributed by atoms with E-state index in [1.807, 2.05) is 0 Å². The van der Waals surface area contributed by atoms with Gasteiger partial charge in [0.1, 0.15) is 17.2 Å². The maximum atomic E-state index is 13.3. The second-order valence-electron chi connectivity index (χ2n) is 9.99. The number of esters is 1. The summed E-state index contributed by atoms with van der Waals surface area (Å²) >= 11 is 5.95. The van der Waals surface area contributed by atoms with E-state index in [-0.39, 0.29) is 37.9 Å². The number of hydrogen-bond acceptors (Lipinski definition) is 7. The summed E-state index contributed by atoms with van der Waals surface area (Å²) in [6.07, 6.45) is 0.222. The standard InChI is InChI=1S/C24H34ClN3O8S/c1-15(2)20(27-22(31)26-14-23(4,5)36-19(29)13-37(33,34)35)21(30)28-11-10-24(32,16(3)12-28)17-6-8-18(25)9-7-17/h6-9,15,20,32H,3,10-14H2,1-2,4-5H3,(H2,26,27,31)(H,33,34,35)/t20-,24-/m1/s1. The third-order valence-corrected chi connectivity index (χ3v) is 6.78. The normalized spacial score (nSPS) is 19.4. The number of nitrogens with zero attached hydrogens (tertiary/aromatic N) is 1. The Kier molecular flexibility index (Phi) is 9.75. The van der Waals surface area contributed by atoms with Gasteiger partial charge in [-0.05, 0) is 43.0 Å². The van der Waals surface area contributed by atoms with Crippen LogP contribution in [0.25, 0.3) is 0 Å². The van der Waals surface area contributed by atoms with Gasteiger partial charge in [-0.2, -0.15) is 8.42 Å². The number of carbonyl (C=O) groups excluding carboxylic acids is 3. The molecule has 1 aliphatic heterocycles. The monoisotopic (exact) mass is 559 g/mol. The van der Waals surface area contributed by atoms with E-state index in [2.05, 4.69) is 17.2 Å². The van der Waals surface area contributed by atoms with Gasteiger partial charge in [0.2, 0.25) is 5.91 Å². The van der Waals surface area contributed by atoms with Gasteiger partial charge in [0.15, 0.2) is 5.75 Å². The maximum absolute atomic E-state index is 13.3. The maximum Gasteiger partial charge on any atom is 0.324 e. The number of urea groups is 1. The highest BCUT2D eigenvalue weighted by molar-refractivity contribution is 7.86. The van der Waals surface area contributed by atoms with Crippen molar-refractivity contribution in [3.63, 3.8) is 0 Å². The summed E-state index contributed by atoms with van der Waals surface area (Å²) in [4.78, 5) is 39.0. The first-order valence-electron chi connectivity index (χ1n) is 11.6. The molecule has 3 amide bonds. The SMILES string of the molecule is C=C1CN(C(=O)[C@H](NC(=O)NCC(C)(C)OC(=O)CS(=O)(=O)O)C(C)C)CC[C@]1(O)c1ccc(Cl)cc1. The minimum absolute atomic E-state index is 0.0984. The second kappa shape index (κ2) is 11.8. The van der Waals surface area contributed by atoms with Gasteiger partial charge >= 0.3 is 12.0 Å². The molecule has 2 rings (SSSR count). The molecule has 206 valence electrons. The molecule has 11 nitrogen and oxygen atoms in total. The van der Waals surface area contributed by atoms with Crippen LogP contribution in [0.1, 0.15) is 39.7 Å². The van der Waals surface area contributed by atoms with Crippen LogP contribution >= 0.6 is 11.6 Å². The molecule has 0 spiro atoms. The molecular formula is C24H34ClN3O8S. The lowest BCUT2D eigenvalue weighted by atomic mass is 9.81. The van der Waals surface area contributed by atoms with Crippen LogP contribution in [-0.2, 0) is 30.0 Å². The molecule has 1 aromatic carbocycles. The predicted molar refractivity (Wildman–Crippen MR) is 137 cm³/mol. The number of halogens is 1. The Balaban J connectivity index is 1.98. The van der Waals surface area contributed by atoms with E-state index in [0.29, 0.717) is 16.2 Å². The molecule has 0 unspecified atom stereocenters. The highest BCUT2D eigenvalue weighted by atomic mass is 35.5. The number of rotatable bonds is 9. The quantitative estimate of drug-likeness (QED) is 0.202. The molecule has 1 saturated heterocycles. The van der Waals surface area contributed by atoms with Crippen molar-refractivity contribution in [1.82, 2.24) is 15.5 Å². The molecule has 0 bridgehead atoms. The number of piperidine rings is 1. The molecule has 2 atom stereocenters. The molecule has 1 aromatic rings. The van der Waals surface area contributed by atoms with Crippen molar-refractivity contribution in [2.75, 3.05) is 25.4 Å². The molecule has 0 aromatic heterocycles. The smallest absolute Gasteiger partial charge is 0.324 e. The van der Waals surface area contributed by atoms with Crippen LogP contribution in [0.3, 0.4) is 0 Å². The van der Waals surface area contributed by atoms with Crippen molar-refractivity contribution in [2.24, 2.45) is 5.92 Å². The molecule has 13 heteroatoms. The fourth-order valence-electron chi connectivity index (χ4n) is 3.89. The van der Waals surface area contributed by atoms with Gasteiger partial charge < -0.3 is 25.4 Å². The molecule has 0 aliphatic carbocycles. The van der Waals surface area contributed by atoms with Gasteiger partial charge in [-0.3, -0.25) is 14.1 Å². The van der Waals surface area contributed by atoms with Gasteiger partial charge in [0.05, 0.1) is 6.54 Å². The van der Waals surface area contributed by atoms with E-state index in [0.717, 1.165) is 0 Å². The summed E-state index contributed by atoms with van der Waals surface area (Å²) in [7, 11) is -4.55. The van der Waals surface area contributed by atoms with E-state index < -0.39 is 45.1 Å². The van der Waals surface area contributed by atoms with Gasteiger partial charge in [-0.1, -0.05) is 44.2 Å². The zero-order chi connectivity index (χ0) is 28.2. The first kappa shape index (κ1) is 30.6. The number of likely N-dealkylation sites (tertiary alicyclic amines) is 1. The van der Waals surface area contributed by atoms with E-state index in [1.54, 1.807) is 38.1 Å². The number of nitrogens with one attached hydrogen (secondary N) is 2. The minimum Gasteiger partial charge on any atom is -0.457 e. The summed E-state index contributed by atoms with van der Waals surface area (Å²) in [5.41, 5.74) is -1.52. The zero-order valence-corrected chi connectivity index (χ0v) is 22.9. The number of amides is 3. The topological polar surface area (TPSA) is 162 Å². The van der Waals surface area contributed by atoms with Crippen molar-refractivity contribution in [3.05, 3.63) is 47.0 Å². The van der Waals surface area contributed by atoms with Crippen molar-refractivity contribution in [2.45, 2.75) is 51.4 Å². The van der Waals surface area contributed by atoms with Crippen LogP contribution in [-0.4, -0.2) is 77.9 Å². The molecule has 1 heterocycles. The fourth-order valence-corrected chi connectivity index (χ4v) is 4.38. The summed E-state index contributed by atoms with van der Waals surface area (Å²) in [5.74, 6) is -3.00. The van der Waals surface area contributed by atoms with Crippen LogP contribution in [0.4, 0.5) is 4.79 Å². The average molecular weight is 560 g/mol. The molecule has 37 heavy (non-hydrogen) atoms. The number of ether oxygens (including phenoxy) is 1. The number of hydrogen-bond donors (Lipinski definition) is 4. The highest BCUT2D eigenvalue weighted by Crippen LogP contribution is 2.37. The Labute approximate surface area is 221 Å². The van der Waals surface area contributed by atoms with Gasteiger partial charge in [-0.25, -0.2) is 4.79 Å². The van der Waals surface area contributed by atoms with Gasteiger partial charge in [-0.15, -0.1) is 0 Å². The molecule has 0 saturated carbocycles. The molecule has 1 aliphatic rings. The Hall–Kier alpha value is -2.67. The number of benzene rings is 1. The Bertz CT molecular complexity index is 1140. The zero-order valence-electron chi connectivity index (χ0n) is 21.3. The molecule has 1 fully saturated rings. The first-order chi connectivity index (χ1) is 16.9. The summed E-state index contributed by atoms with van der Waals surface area (Å²) in [5, 5.41) is 16.9. The average Bonchev–Trinajstić information content (AvgIpc) is 2.76. The minimum atomic E-state index is -4.55. The van der Waals surface area contributed by atoms with Gasteiger partial charge in [0, 0.05) is 24.5 Å². The molecule has 4 N–H and O–H groups in total. The largest absolute Gasteiger partial charge is 0.457 e. The van der Waals surface area contributed by atoms with E-state index in [1.165, 1.54) is 18.7 Å². The van der Waals surface area contributed by atoms with Crippen molar-refractivity contribution in [3.8, 4) is 0 Å². The lowest BCUT2D eigenvalue weighted by Gasteiger charge is -2.42. The van der Waals surface area contributed by atoms with E-state index in [9.17, 15) is 27.9 Å². The Morgan fingerprint density at radius 2 is 1.84 bits per heavy atom. The Morgan fingerprint density at radius 1 is 1.24 bits per heavy atom. The van der Waals surface area contributed by atoms with Crippen LogP contribution in [0, 0.1) is 5.92 Å². The van der Waals surface area contributed by atoms with Crippen LogP contribution in [0.2, 0.25) is 5.02 Å². The van der Waals surface area contributed by atoms with E-state index >= 15 is 0 Å². The summed E-state index contributed by atoms with van der Waals surface area (Å²) < 4.78 is 35.4. The van der Waals surface area contributed by atoms with Crippen molar-refractivity contribution < 1.29 is 37.2 Å². The Morgan fingerprint density at radius 3 is 2.35 bits per heavy atom. The number of aliphatic hydroxyl groups is 1.